The van der Waals surface area contributed by atoms with Gasteiger partial charge in [0.15, 0.2) is 11.6 Å². The lowest BCUT2D eigenvalue weighted by Gasteiger charge is -2.36. The molecule has 2 atom stereocenters. The first-order valence-corrected chi connectivity index (χ1v) is 15.6. The summed E-state index contributed by atoms with van der Waals surface area (Å²) in [6.07, 6.45) is 1.15. The molecule has 4 aromatic carbocycles. The topological polar surface area (TPSA) is 92.8 Å². The van der Waals surface area contributed by atoms with Gasteiger partial charge in [-0.15, -0.1) is 0 Å². The quantitative estimate of drug-likeness (QED) is 0.108. The van der Waals surface area contributed by atoms with Crippen LogP contribution < -0.4 is 9.80 Å². The third kappa shape index (κ3) is 6.24. The van der Waals surface area contributed by atoms with Crippen LogP contribution in [0, 0.1) is 49.3 Å². The van der Waals surface area contributed by atoms with Crippen LogP contribution in [0.25, 0.3) is 0 Å². The molecule has 2 fully saturated rings. The molecule has 8 nitrogen and oxygen atoms in total. The van der Waals surface area contributed by atoms with Crippen LogP contribution in [0.3, 0.4) is 0 Å². The molecule has 48 heavy (non-hydrogen) atoms. The zero-order chi connectivity index (χ0) is 34.4. The third-order valence-corrected chi connectivity index (χ3v) is 9.69. The lowest BCUT2D eigenvalue weighted by molar-refractivity contribution is -0.384. The molecule has 0 amide bonds. The number of rotatable bonds is 7. The zero-order valence-corrected chi connectivity index (χ0v) is 26.3. The summed E-state index contributed by atoms with van der Waals surface area (Å²) in [5.74, 6) is -4.10. The molecule has 0 bridgehead atoms. The smallest absolute Gasteiger partial charge is 0.288 e. The lowest BCUT2D eigenvalue weighted by atomic mass is 9.89. The Hall–Kier alpha value is -4.49. The van der Waals surface area contributed by atoms with E-state index >= 15 is 17.6 Å². The number of anilines is 2. The van der Waals surface area contributed by atoms with Gasteiger partial charge in [0, 0.05) is 42.0 Å². The van der Waals surface area contributed by atoms with E-state index in [1.165, 1.54) is 17.0 Å². The Morgan fingerprint density at radius 3 is 1.54 bits per heavy atom. The van der Waals surface area contributed by atoms with Crippen LogP contribution in [-0.4, -0.2) is 22.9 Å². The largest absolute Gasteiger partial charge is 0.367 e. The highest BCUT2D eigenvalue weighted by atomic mass is 35.5. The van der Waals surface area contributed by atoms with E-state index in [9.17, 15) is 24.6 Å². The number of nitro groups is 2. The number of hydrogen-bond acceptors (Lipinski definition) is 6. The van der Waals surface area contributed by atoms with Crippen molar-refractivity contribution in [1.29, 1.82) is 0 Å². The van der Waals surface area contributed by atoms with Crippen molar-refractivity contribution in [1.82, 2.24) is 0 Å². The van der Waals surface area contributed by atoms with Gasteiger partial charge in [-0.2, -0.15) is 0 Å². The van der Waals surface area contributed by atoms with E-state index in [1.807, 2.05) is 0 Å². The molecule has 2 saturated heterocycles. The number of nitrogens with zero attached hydrogens (tertiary/aromatic N) is 4. The SMILES string of the molecule is O=[N+]([O-])c1cc([C@H]2CC[C@H](c3cc([N+](=O)[O-])c(Cl)cc3F)N2c2cc(F)c(N3CCC(c4ccc(F)cc4)CC3)c(F)c2)c(F)cc1Cl. The fourth-order valence-corrected chi connectivity index (χ4v) is 7.29. The van der Waals surface area contributed by atoms with Crippen LogP contribution in [0.5, 0.6) is 0 Å². The van der Waals surface area contributed by atoms with Crippen LogP contribution >= 0.6 is 23.2 Å². The van der Waals surface area contributed by atoms with E-state index in [2.05, 4.69) is 0 Å². The maximum Gasteiger partial charge on any atom is 0.288 e. The fourth-order valence-electron chi connectivity index (χ4n) is 6.85. The molecule has 4 aromatic rings. The highest BCUT2D eigenvalue weighted by Gasteiger charge is 2.41. The van der Waals surface area contributed by atoms with Gasteiger partial charge in [0.2, 0.25) is 0 Å². The second kappa shape index (κ2) is 13.2. The third-order valence-electron chi connectivity index (χ3n) is 9.08. The highest BCUT2D eigenvalue weighted by molar-refractivity contribution is 6.33. The maximum absolute atomic E-state index is 16.0. The number of hydrogen-bond donors (Lipinski definition) is 0. The lowest BCUT2D eigenvalue weighted by Crippen LogP contribution is -2.34. The van der Waals surface area contributed by atoms with Crippen molar-refractivity contribution in [3.05, 3.63) is 137 Å². The second-order valence-corrected chi connectivity index (χ2v) is 12.6. The zero-order valence-electron chi connectivity index (χ0n) is 24.8. The molecule has 2 heterocycles. The number of nitro benzene ring substituents is 2. The fraction of sp³-hybridized carbons (Fsp3) is 0.273. The van der Waals surface area contributed by atoms with Gasteiger partial charge in [-0.3, -0.25) is 20.2 Å². The minimum Gasteiger partial charge on any atom is -0.367 e. The van der Waals surface area contributed by atoms with Gasteiger partial charge in [0.05, 0.1) is 21.9 Å². The van der Waals surface area contributed by atoms with E-state index in [0.717, 1.165) is 42.0 Å². The summed E-state index contributed by atoms with van der Waals surface area (Å²) in [6, 6.07) is 9.25. The molecule has 0 N–H and O–H groups in total. The molecule has 0 aromatic heterocycles. The first-order valence-electron chi connectivity index (χ1n) is 14.9. The van der Waals surface area contributed by atoms with E-state index in [4.69, 9.17) is 23.2 Å². The van der Waals surface area contributed by atoms with E-state index < -0.39 is 66.6 Å². The Morgan fingerprint density at radius 2 is 1.10 bits per heavy atom. The van der Waals surface area contributed by atoms with Gasteiger partial charge in [-0.25, -0.2) is 22.0 Å². The van der Waals surface area contributed by atoms with Gasteiger partial charge >= 0.3 is 0 Å². The molecule has 0 saturated carbocycles. The van der Waals surface area contributed by atoms with E-state index in [-0.39, 0.29) is 47.1 Å². The van der Waals surface area contributed by atoms with Crippen molar-refractivity contribution in [2.45, 2.75) is 43.7 Å². The van der Waals surface area contributed by atoms with Crippen molar-refractivity contribution in [2.75, 3.05) is 22.9 Å². The van der Waals surface area contributed by atoms with Crippen LogP contribution in [0.15, 0.2) is 60.7 Å². The maximum atomic E-state index is 16.0. The minimum absolute atomic E-state index is 0.0259. The molecule has 15 heteroatoms. The summed E-state index contributed by atoms with van der Waals surface area (Å²) >= 11 is 11.8. The summed E-state index contributed by atoms with van der Waals surface area (Å²) in [7, 11) is 0. The van der Waals surface area contributed by atoms with Gasteiger partial charge in [0.25, 0.3) is 11.4 Å². The Kier molecular flexibility index (Phi) is 9.18. The molecule has 0 radical (unpaired) electrons. The Bertz CT molecular complexity index is 1820. The van der Waals surface area contributed by atoms with Gasteiger partial charge in [0.1, 0.15) is 33.2 Å². The monoisotopic (exact) mass is 706 g/mol. The number of benzene rings is 4. The molecule has 250 valence electrons. The molecule has 2 aliphatic rings. The minimum atomic E-state index is -1.11. The van der Waals surface area contributed by atoms with Crippen molar-refractivity contribution < 1.29 is 31.8 Å². The Morgan fingerprint density at radius 1 is 0.646 bits per heavy atom. The average Bonchev–Trinajstić information content (AvgIpc) is 3.46. The standard InChI is InChI=1S/C33H25Cl2F5N4O4/c34-23-15-25(37)21(13-31(23)43(45)46)29-5-6-30(22-14-32(44(47)48)24(35)16-26(22)38)42(29)20-11-27(39)33(28(40)12-20)41-9-7-18(8-10-41)17-1-3-19(36)4-2-17/h1-4,11-16,18,29-30H,5-10H2/t29-,30-/m1/s1. The average molecular weight is 707 g/mol. The van der Waals surface area contributed by atoms with Gasteiger partial charge < -0.3 is 9.80 Å². The second-order valence-electron chi connectivity index (χ2n) is 11.8. The van der Waals surface area contributed by atoms with E-state index in [0.29, 0.717) is 25.9 Å². The Balaban J connectivity index is 1.40. The van der Waals surface area contributed by atoms with E-state index in [1.54, 1.807) is 17.0 Å². The summed E-state index contributed by atoms with van der Waals surface area (Å²) in [5, 5.41) is 22.4. The van der Waals surface area contributed by atoms with Gasteiger partial charge in [-0.05, 0) is 73.6 Å². The van der Waals surface area contributed by atoms with Crippen molar-refractivity contribution in [3.8, 4) is 0 Å². The van der Waals surface area contributed by atoms with Gasteiger partial charge in [-0.1, -0.05) is 35.3 Å². The first kappa shape index (κ1) is 33.4. The van der Waals surface area contributed by atoms with Crippen molar-refractivity contribution in [3.63, 3.8) is 0 Å². The Labute approximate surface area is 280 Å². The summed E-state index contributed by atoms with van der Waals surface area (Å²) in [6.45, 7) is 0.590. The highest BCUT2D eigenvalue weighted by Crippen LogP contribution is 2.51. The number of piperidine rings is 1. The summed E-state index contributed by atoms with van der Waals surface area (Å²) in [4.78, 5) is 24.5. The molecular formula is C33H25Cl2F5N4O4. The van der Waals surface area contributed by atoms with Crippen LogP contribution in [0.4, 0.5) is 44.7 Å². The van der Waals surface area contributed by atoms with Crippen LogP contribution in [-0.2, 0) is 0 Å². The summed E-state index contributed by atoms with van der Waals surface area (Å²) < 4.78 is 76.2. The number of halogens is 7. The molecule has 0 aliphatic carbocycles. The predicted molar refractivity (Wildman–Crippen MR) is 170 cm³/mol. The summed E-state index contributed by atoms with van der Waals surface area (Å²) in [5.41, 5.74) is -1.21. The predicted octanol–water partition coefficient (Wildman–Crippen LogP) is 9.97. The van der Waals surface area contributed by atoms with Crippen LogP contribution in [0.2, 0.25) is 10.0 Å². The van der Waals surface area contributed by atoms with Crippen molar-refractivity contribution >= 4 is 46.0 Å². The normalized spacial score (nSPS) is 18.4. The van der Waals surface area contributed by atoms with Crippen LogP contribution in [0.1, 0.15) is 60.4 Å². The molecule has 0 unspecified atom stereocenters. The molecule has 6 rings (SSSR count). The molecule has 0 spiro atoms. The molecule has 2 aliphatic heterocycles. The van der Waals surface area contributed by atoms with Crippen molar-refractivity contribution in [2.24, 2.45) is 0 Å². The molecular weight excluding hydrogens is 682 g/mol. The first-order chi connectivity index (χ1) is 22.8.